The Hall–Kier alpha value is -5.57. The lowest BCUT2D eigenvalue weighted by molar-refractivity contribution is 0.0696. The third-order valence-electron chi connectivity index (χ3n) is 8.53. The first-order valence-electron chi connectivity index (χ1n) is 16.7. The number of carboxylic acids is 1. The molecule has 9 heteroatoms. The molecule has 1 aromatic heterocycles. The molecule has 0 spiro atoms. The van der Waals surface area contributed by atoms with E-state index in [2.05, 4.69) is 67.5 Å². The van der Waals surface area contributed by atoms with Crippen LogP contribution >= 0.6 is 0 Å². The van der Waals surface area contributed by atoms with Crippen LogP contribution in [0.15, 0.2) is 103 Å². The molecular weight excluding hydrogens is 631 g/mol. The van der Waals surface area contributed by atoms with E-state index in [-0.39, 0.29) is 34.7 Å². The molecule has 0 unspecified atom stereocenters. The Morgan fingerprint density at radius 3 is 2.18 bits per heavy atom. The van der Waals surface area contributed by atoms with Crippen molar-refractivity contribution in [3.05, 3.63) is 148 Å². The summed E-state index contributed by atoms with van der Waals surface area (Å²) in [6.45, 7) is 7.45. The number of anilines is 2. The number of benzene rings is 4. The number of aryl methyl sites for hydroxylation is 2. The molecule has 1 amide bonds. The Bertz CT molecular complexity index is 1910. The summed E-state index contributed by atoms with van der Waals surface area (Å²) in [6.07, 6.45) is 3.96. The second-order valence-corrected chi connectivity index (χ2v) is 13.3. The van der Waals surface area contributed by atoms with Gasteiger partial charge >= 0.3 is 5.97 Å². The molecule has 5 aromatic rings. The Balaban J connectivity index is 1.38. The second kappa shape index (κ2) is 16.2. The maximum Gasteiger partial charge on any atom is 0.335 e. The van der Waals surface area contributed by atoms with Crippen molar-refractivity contribution < 1.29 is 23.8 Å². The molecule has 0 saturated heterocycles. The zero-order valence-electron chi connectivity index (χ0n) is 28.9. The van der Waals surface area contributed by atoms with Gasteiger partial charge in [-0.25, -0.2) is 19.2 Å². The average Bonchev–Trinajstić information content (AvgIpc) is 3.11. The number of aromatic nitrogens is 2. The van der Waals surface area contributed by atoms with Gasteiger partial charge in [-0.05, 0) is 77.3 Å². The molecule has 0 bridgehead atoms. The number of carbonyl (C=O) groups is 2. The molecule has 0 radical (unpaired) electrons. The van der Waals surface area contributed by atoms with E-state index in [0.29, 0.717) is 43.2 Å². The minimum Gasteiger partial charge on any atom is -0.491 e. The zero-order valence-corrected chi connectivity index (χ0v) is 28.9. The van der Waals surface area contributed by atoms with E-state index in [0.717, 1.165) is 17.5 Å². The molecule has 0 saturated carbocycles. The predicted molar refractivity (Wildman–Crippen MR) is 195 cm³/mol. The summed E-state index contributed by atoms with van der Waals surface area (Å²) in [7, 11) is 1.93. The number of aromatic carboxylic acids is 1. The van der Waals surface area contributed by atoms with Gasteiger partial charge in [0.2, 0.25) is 5.95 Å². The van der Waals surface area contributed by atoms with Crippen molar-refractivity contribution in [1.29, 1.82) is 0 Å². The second-order valence-electron chi connectivity index (χ2n) is 13.3. The fraction of sp³-hybridized carbons (Fsp3) is 0.268. The molecule has 2 N–H and O–H groups in total. The maximum absolute atomic E-state index is 13.9. The van der Waals surface area contributed by atoms with E-state index in [9.17, 15) is 19.1 Å². The van der Waals surface area contributed by atoms with Crippen LogP contribution in [0.2, 0.25) is 0 Å². The lowest BCUT2D eigenvalue weighted by Gasteiger charge is -2.20. The highest BCUT2D eigenvalue weighted by atomic mass is 19.1. The lowest BCUT2D eigenvalue weighted by atomic mass is 9.86. The first-order chi connectivity index (χ1) is 24.0. The number of carboxylic acid groups (broad SMARTS) is 1. The SMILES string of the molecule is CN(CCc1ccccc1)c1ncc(C(=O)Nc2cc(C(=O)O)ccc2OCCc2ccc(F)cc2)c(CCc2ccc(C(C)(C)C)cc2)n1. The van der Waals surface area contributed by atoms with Gasteiger partial charge in [0.25, 0.3) is 5.91 Å². The molecular formula is C41H43FN4O4. The highest BCUT2D eigenvalue weighted by Crippen LogP contribution is 2.28. The van der Waals surface area contributed by atoms with Crippen LogP contribution in [0.1, 0.15) is 69.4 Å². The Kier molecular flexibility index (Phi) is 11.6. The summed E-state index contributed by atoms with van der Waals surface area (Å²) in [6, 6.07) is 29.1. The van der Waals surface area contributed by atoms with E-state index >= 15 is 0 Å². The van der Waals surface area contributed by atoms with Crippen LogP contribution in [0.3, 0.4) is 0 Å². The molecule has 0 aliphatic carbocycles. The molecule has 5 rings (SSSR count). The molecule has 258 valence electrons. The smallest absolute Gasteiger partial charge is 0.335 e. The van der Waals surface area contributed by atoms with Gasteiger partial charge < -0.3 is 20.1 Å². The van der Waals surface area contributed by atoms with Crippen molar-refractivity contribution in [1.82, 2.24) is 9.97 Å². The summed E-state index contributed by atoms with van der Waals surface area (Å²) in [5.41, 5.74) is 5.55. The Morgan fingerprint density at radius 2 is 1.50 bits per heavy atom. The number of hydrogen-bond donors (Lipinski definition) is 2. The van der Waals surface area contributed by atoms with Gasteiger partial charge in [-0.3, -0.25) is 4.79 Å². The van der Waals surface area contributed by atoms with Crippen LogP contribution in [-0.2, 0) is 31.1 Å². The van der Waals surface area contributed by atoms with Crippen LogP contribution in [-0.4, -0.2) is 47.2 Å². The Morgan fingerprint density at radius 1 is 0.840 bits per heavy atom. The minimum atomic E-state index is -1.14. The summed E-state index contributed by atoms with van der Waals surface area (Å²) in [5, 5.41) is 12.5. The number of nitrogens with zero attached hydrogens (tertiary/aromatic N) is 3. The van der Waals surface area contributed by atoms with Crippen molar-refractivity contribution in [3.63, 3.8) is 0 Å². The minimum absolute atomic E-state index is 0.00301. The van der Waals surface area contributed by atoms with E-state index in [4.69, 9.17) is 9.72 Å². The van der Waals surface area contributed by atoms with Crippen LogP contribution < -0.4 is 15.0 Å². The van der Waals surface area contributed by atoms with E-state index in [1.165, 1.54) is 47.7 Å². The van der Waals surface area contributed by atoms with Crippen molar-refractivity contribution in [2.75, 3.05) is 30.4 Å². The van der Waals surface area contributed by atoms with Crippen LogP contribution in [0.5, 0.6) is 5.75 Å². The van der Waals surface area contributed by atoms with E-state index in [1.54, 1.807) is 12.1 Å². The number of likely N-dealkylation sites (N-methyl/N-ethyl adjacent to an activating group) is 1. The average molecular weight is 675 g/mol. The van der Waals surface area contributed by atoms with E-state index in [1.807, 2.05) is 30.1 Å². The quantitative estimate of drug-likeness (QED) is 0.123. The molecule has 50 heavy (non-hydrogen) atoms. The number of ether oxygens (including phenoxy) is 1. The fourth-order valence-corrected chi connectivity index (χ4v) is 5.45. The van der Waals surface area contributed by atoms with Gasteiger partial charge in [0.05, 0.1) is 29.1 Å². The standard InChI is InChI=1S/C41H43FN4O4/c1-41(2,3)32-16-10-29(11-17-32)14-20-35-34(27-43-40(45-35)46(4)24-22-28-8-6-5-7-9-28)38(47)44-36-26-31(39(48)49)15-21-37(36)50-25-23-30-12-18-33(42)19-13-30/h5-13,15-19,21,26-27H,14,20,22-25H2,1-4H3,(H,44,47)(H,48,49). The normalized spacial score (nSPS) is 11.2. The predicted octanol–water partition coefficient (Wildman–Crippen LogP) is 7.95. The topological polar surface area (TPSA) is 105 Å². The van der Waals surface area contributed by atoms with E-state index < -0.39 is 11.9 Å². The van der Waals surface area contributed by atoms with Crippen LogP contribution in [0, 0.1) is 5.82 Å². The van der Waals surface area contributed by atoms with Gasteiger partial charge in [0.1, 0.15) is 11.6 Å². The summed E-state index contributed by atoms with van der Waals surface area (Å²) in [4.78, 5) is 37.2. The molecule has 4 aromatic carbocycles. The number of carbonyl (C=O) groups excluding carboxylic acids is 1. The summed E-state index contributed by atoms with van der Waals surface area (Å²) >= 11 is 0. The Labute approximate surface area is 293 Å². The monoisotopic (exact) mass is 674 g/mol. The first-order valence-corrected chi connectivity index (χ1v) is 16.7. The molecule has 8 nitrogen and oxygen atoms in total. The summed E-state index contributed by atoms with van der Waals surface area (Å²) in [5.74, 6) is -1.12. The lowest BCUT2D eigenvalue weighted by Crippen LogP contribution is -2.25. The number of nitrogens with one attached hydrogen (secondary N) is 1. The van der Waals surface area contributed by atoms with Gasteiger partial charge in [0, 0.05) is 26.2 Å². The molecule has 0 fully saturated rings. The largest absolute Gasteiger partial charge is 0.491 e. The van der Waals surface area contributed by atoms with Gasteiger partial charge in [-0.1, -0.05) is 87.5 Å². The molecule has 0 aliphatic rings. The van der Waals surface area contributed by atoms with Crippen molar-refractivity contribution >= 4 is 23.5 Å². The number of amides is 1. The van der Waals surface area contributed by atoms with Crippen molar-refractivity contribution in [3.8, 4) is 5.75 Å². The fourth-order valence-electron chi connectivity index (χ4n) is 5.45. The zero-order chi connectivity index (χ0) is 35.7. The number of rotatable bonds is 14. The third kappa shape index (κ3) is 9.75. The van der Waals surface area contributed by atoms with Crippen molar-refractivity contribution in [2.24, 2.45) is 0 Å². The first kappa shape index (κ1) is 35.7. The van der Waals surface area contributed by atoms with Gasteiger partial charge in [-0.15, -0.1) is 0 Å². The molecule has 1 heterocycles. The third-order valence-corrected chi connectivity index (χ3v) is 8.53. The van der Waals surface area contributed by atoms with Crippen LogP contribution in [0.25, 0.3) is 0 Å². The number of hydrogen-bond acceptors (Lipinski definition) is 6. The van der Waals surface area contributed by atoms with Crippen LogP contribution in [0.4, 0.5) is 16.0 Å². The number of halogens is 1. The molecule has 0 aliphatic heterocycles. The highest BCUT2D eigenvalue weighted by Gasteiger charge is 2.20. The van der Waals surface area contributed by atoms with Gasteiger partial charge in [-0.2, -0.15) is 0 Å². The molecule has 0 atom stereocenters. The van der Waals surface area contributed by atoms with Gasteiger partial charge in [0.15, 0.2) is 0 Å². The van der Waals surface area contributed by atoms with Crippen molar-refractivity contribution in [2.45, 2.75) is 51.9 Å². The maximum atomic E-state index is 13.9. The highest BCUT2D eigenvalue weighted by molar-refractivity contribution is 6.06. The summed E-state index contributed by atoms with van der Waals surface area (Å²) < 4.78 is 19.3.